The van der Waals surface area contributed by atoms with Crippen molar-refractivity contribution in [3.63, 3.8) is 0 Å². The second kappa shape index (κ2) is 13.1. The Bertz CT molecular complexity index is 202. The second-order valence-corrected chi connectivity index (χ2v) is 4.20. The van der Waals surface area contributed by atoms with Gasteiger partial charge in [0.1, 0.15) is 0 Å². The first kappa shape index (κ1) is 16.0. The van der Waals surface area contributed by atoms with Gasteiger partial charge < -0.3 is 10.1 Å². The minimum Gasteiger partial charge on any atom is -0.450 e. The molecule has 0 atom stereocenters. The Hall–Kier alpha value is -0.990. The van der Waals surface area contributed by atoms with Gasteiger partial charge in [-0.3, -0.25) is 0 Å². The molecule has 0 aromatic rings. The van der Waals surface area contributed by atoms with E-state index in [1.807, 2.05) is 0 Å². The normalized spacial score (nSPS) is 10.7. The molecule has 0 aromatic heterocycles. The third kappa shape index (κ3) is 12.9. The third-order valence-electron chi connectivity index (χ3n) is 2.59. The molecule has 0 saturated heterocycles. The fourth-order valence-corrected chi connectivity index (χ4v) is 1.51. The number of alkyl carbamates (subject to hydrolysis) is 1. The van der Waals surface area contributed by atoms with Crippen molar-refractivity contribution in [3.8, 4) is 0 Å². The molecule has 0 bridgehead atoms. The first-order valence-electron chi connectivity index (χ1n) is 6.80. The molecule has 1 amide bonds. The zero-order valence-corrected chi connectivity index (χ0v) is 11.3. The van der Waals surface area contributed by atoms with Crippen molar-refractivity contribution in [1.82, 2.24) is 5.32 Å². The van der Waals surface area contributed by atoms with E-state index >= 15 is 0 Å². The maximum atomic E-state index is 10.7. The van der Waals surface area contributed by atoms with Crippen LogP contribution in [-0.4, -0.2) is 19.7 Å². The molecule has 0 unspecified atom stereocenters. The van der Waals surface area contributed by atoms with Crippen LogP contribution in [0.5, 0.6) is 0 Å². The number of rotatable bonds is 10. The van der Waals surface area contributed by atoms with Crippen LogP contribution in [0.4, 0.5) is 4.79 Å². The molecule has 0 aromatic carbocycles. The molecule has 3 heteroatoms. The van der Waals surface area contributed by atoms with Crippen LogP contribution < -0.4 is 5.32 Å². The lowest BCUT2D eigenvalue weighted by molar-refractivity contribution is 0.146. The van der Waals surface area contributed by atoms with Crippen molar-refractivity contribution >= 4 is 6.09 Å². The summed E-state index contributed by atoms with van der Waals surface area (Å²) in [5, 5.41) is 2.43. The van der Waals surface area contributed by atoms with Gasteiger partial charge in [-0.1, -0.05) is 44.8 Å². The van der Waals surface area contributed by atoms with E-state index in [2.05, 4.69) is 24.4 Å². The lowest BCUT2D eigenvalue weighted by Gasteiger charge is -2.02. The summed E-state index contributed by atoms with van der Waals surface area (Å²) in [6.07, 6.45) is 13.8. The maximum Gasteiger partial charge on any atom is 0.406 e. The van der Waals surface area contributed by atoms with Crippen LogP contribution in [0, 0.1) is 0 Å². The summed E-state index contributed by atoms with van der Waals surface area (Å²) in [6.45, 7) is 2.75. The van der Waals surface area contributed by atoms with Crippen molar-refractivity contribution in [1.29, 1.82) is 0 Å². The summed E-state index contributed by atoms with van der Waals surface area (Å²) in [5.74, 6) is 0. The lowest BCUT2D eigenvalue weighted by Crippen LogP contribution is -2.19. The van der Waals surface area contributed by atoms with E-state index in [-0.39, 0.29) is 6.09 Å². The number of nitrogens with one attached hydrogen (secondary N) is 1. The SMILES string of the molecule is CCCC/C=C\CCCCCCOC(=O)NC. The zero-order valence-electron chi connectivity index (χ0n) is 11.3. The van der Waals surface area contributed by atoms with Gasteiger partial charge in [-0.15, -0.1) is 0 Å². The van der Waals surface area contributed by atoms with E-state index in [1.165, 1.54) is 38.5 Å². The van der Waals surface area contributed by atoms with Gasteiger partial charge in [0.2, 0.25) is 0 Å². The largest absolute Gasteiger partial charge is 0.450 e. The smallest absolute Gasteiger partial charge is 0.406 e. The monoisotopic (exact) mass is 241 g/mol. The molecule has 0 spiro atoms. The van der Waals surface area contributed by atoms with E-state index in [1.54, 1.807) is 7.05 Å². The molecule has 0 heterocycles. The Labute approximate surface area is 106 Å². The summed E-state index contributed by atoms with van der Waals surface area (Å²) >= 11 is 0. The summed E-state index contributed by atoms with van der Waals surface area (Å²) in [4.78, 5) is 10.7. The Morgan fingerprint density at radius 2 is 1.71 bits per heavy atom. The van der Waals surface area contributed by atoms with Crippen molar-refractivity contribution < 1.29 is 9.53 Å². The van der Waals surface area contributed by atoms with Gasteiger partial charge in [-0.05, 0) is 25.7 Å². The molecule has 0 saturated carbocycles. The third-order valence-corrected chi connectivity index (χ3v) is 2.59. The molecule has 0 aliphatic heterocycles. The van der Waals surface area contributed by atoms with E-state index < -0.39 is 0 Å². The molecule has 17 heavy (non-hydrogen) atoms. The number of amides is 1. The minimum atomic E-state index is -0.330. The van der Waals surface area contributed by atoms with Gasteiger partial charge in [-0.2, -0.15) is 0 Å². The van der Waals surface area contributed by atoms with Crippen molar-refractivity contribution in [2.45, 2.75) is 58.3 Å². The molecule has 0 rings (SSSR count). The number of hydrogen-bond acceptors (Lipinski definition) is 2. The highest BCUT2D eigenvalue weighted by molar-refractivity contribution is 5.66. The molecule has 100 valence electrons. The van der Waals surface area contributed by atoms with Gasteiger partial charge in [0, 0.05) is 7.05 Å². The fraction of sp³-hybridized carbons (Fsp3) is 0.786. The highest BCUT2D eigenvalue weighted by Gasteiger charge is 1.96. The molecule has 0 fully saturated rings. The second-order valence-electron chi connectivity index (χ2n) is 4.20. The molecule has 3 nitrogen and oxygen atoms in total. The standard InChI is InChI=1S/C14H27NO2/c1-3-4-5-6-7-8-9-10-11-12-13-17-14(16)15-2/h6-7H,3-5,8-13H2,1-2H3,(H,15,16)/b7-6-. The predicted molar refractivity (Wildman–Crippen MR) is 72.2 cm³/mol. The van der Waals surface area contributed by atoms with E-state index in [9.17, 15) is 4.79 Å². The highest BCUT2D eigenvalue weighted by atomic mass is 16.5. The van der Waals surface area contributed by atoms with Crippen LogP contribution in [0.1, 0.15) is 58.3 Å². The molecule has 0 radical (unpaired) electrons. The number of carbonyl (C=O) groups is 1. The number of unbranched alkanes of at least 4 members (excludes halogenated alkanes) is 6. The zero-order chi connectivity index (χ0) is 12.8. The minimum absolute atomic E-state index is 0.330. The van der Waals surface area contributed by atoms with Gasteiger partial charge in [0.15, 0.2) is 0 Å². The molecular weight excluding hydrogens is 214 g/mol. The van der Waals surface area contributed by atoms with Crippen LogP contribution in [0.25, 0.3) is 0 Å². The van der Waals surface area contributed by atoms with Crippen LogP contribution in [0.3, 0.4) is 0 Å². The predicted octanol–water partition coefficient (Wildman–Crippen LogP) is 4.04. The van der Waals surface area contributed by atoms with E-state index in [4.69, 9.17) is 4.74 Å². The van der Waals surface area contributed by atoms with Gasteiger partial charge in [-0.25, -0.2) is 4.79 Å². The summed E-state index contributed by atoms with van der Waals surface area (Å²) in [7, 11) is 1.58. The molecular formula is C14H27NO2. The van der Waals surface area contributed by atoms with Crippen LogP contribution >= 0.6 is 0 Å². The van der Waals surface area contributed by atoms with Gasteiger partial charge in [0.25, 0.3) is 0 Å². The quantitative estimate of drug-likeness (QED) is 0.463. The molecule has 1 N–H and O–H groups in total. The van der Waals surface area contributed by atoms with Crippen LogP contribution in [-0.2, 0) is 4.74 Å². The van der Waals surface area contributed by atoms with E-state index in [0.717, 1.165) is 12.8 Å². The Kier molecular flexibility index (Phi) is 12.3. The average molecular weight is 241 g/mol. The van der Waals surface area contributed by atoms with E-state index in [0.29, 0.717) is 6.61 Å². The fourth-order valence-electron chi connectivity index (χ4n) is 1.51. The first-order chi connectivity index (χ1) is 8.31. The topological polar surface area (TPSA) is 38.3 Å². The Morgan fingerprint density at radius 3 is 2.35 bits per heavy atom. The van der Waals surface area contributed by atoms with Crippen molar-refractivity contribution in [2.24, 2.45) is 0 Å². The number of ether oxygens (including phenoxy) is 1. The average Bonchev–Trinajstić information content (AvgIpc) is 2.35. The number of allylic oxidation sites excluding steroid dienone is 2. The summed E-state index contributed by atoms with van der Waals surface area (Å²) < 4.78 is 4.90. The van der Waals surface area contributed by atoms with Crippen molar-refractivity contribution in [2.75, 3.05) is 13.7 Å². The molecule has 0 aliphatic rings. The Morgan fingerprint density at radius 1 is 1.06 bits per heavy atom. The van der Waals surface area contributed by atoms with Crippen molar-refractivity contribution in [3.05, 3.63) is 12.2 Å². The van der Waals surface area contributed by atoms with Gasteiger partial charge >= 0.3 is 6.09 Å². The highest BCUT2D eigenvalue weighted by Crippen LogP contribution is 2.05. The van der Waals surface area contributed by atoms with Gasteiger partial charge in [0.05, 0.1) is 6.61 Å². The number of carbonyl (C=O) groups excluding carboxylic acids is 1. The first-order valence-corrected chi connectivity index (χ1v) is 6.80. The maximum absolute atomic E-state index is 10.7. The summed E-state index contributed by atoms with van der Waals surface area (Å²) in [5.41, 5.74) is 0. The number of hydrogen-bond donors (Lipinski definition) is 1. The van der Waals surface area contributed by atoms with Crippen LogP contribution in [0.15, 0.2) is 12.2 Å². The molecule has 0 aliphatic carbocycles. The Balaban J connectivity index is 3.08. The van der Waals surface area contributed by atoms with Crippen LogP contribution in [0.2, 0.25) is 0 Å². The lowest BCUT2D eigenvalue weighted by atomic mass is 10.1. The summed E-state index contributed by atoms with van der Waals surface area (Å²) in [6, 6.07) is 0.